The minimum atomic E-state index is 0.0369. The van der Waals surface area contributed by atoms with Gasteiger partial charge in [-0.15, -0.1) is 11.3 Å². The molecule has 0 saturated carbocycles. The van der Waals surface area contributed by atoms with E-state index in [0.717, 1.165) is 35.5 Å². The fourth-order valence-electron chi connectivity index (χ4n) is 2.53. The topological polar surface area (TPSA) is 76.1 Å². The van der Waals surface area contributed by atoms with Crippen molar-refractivity contribution in [3.8, 4) is 0 Å². The number of carbonyl (C=O) groups excluding carboxylic acids is 1. The lowest BCUT2D eigenvalue weighted by atomic mass is 10.2. The van der Waals surface area contributed by atoms with Crippen molar-refractivity contribution in [2.45, 2.75) is 32.3 Å². The van der Waals surface area contributed by atoms with Crippen LogP contribution >= 0.6 is 11.3 Å². The predicted octanol–water partition coefficient (Wildman–Crippen LogP) is 2.10. The third-order valence-corrected chi connectivity index (χ3v) is 4.61. The largest absolute Gasteiger partial charge is 0.376 e. The molecule has 3 rings (SSSR count). The summed E-state index contributed by atoms with van der Waals surface area (Å²) in [4.78, 5) is 22.5. The first-order chi connectivity index (χ1) is 10.7. The molecule has 1 atom stereocenters. The van der Waals surface area contributed by atoms with Crippen LogP contribution in [0.5, 0.6) is 0 Å². The maximum Gasteiger partial charge on any atom is 0.221 e. The average molecular weight is 320 g/mol. The smallest absolute Gasteiger partial charge is 0.221 e. The molecule has 22 heavy (non-hydrogen) atoms. The molecule has 1 fully saturated rings. The minimum absolute atomic E-state index is 0.0369. The Kier molecular flexibility index (Phi) is 4.84. The highest BCUT2D eigenvalue weighted by Crippen LogP contribution is 2.27. The number of thiophene rings is 1. The molecule has 2 aromatic rings. The van der Waals surface area contributed by atoms with Crippen LogP contribution < -0.4 is 10.6 Å². The molecule has 3 heterocycles. The van der Waals surface area contributed by atoms with E-state index in [0.29, 0.717) is 19.5 Å². The molecular formula is C15H20N4O2S. The Balaban J connectivity index is 1.46. The second-order valence-corrected chi connectivity index (χ2v) is 6.65. The van der Waals surface area contributed by atoms with Gasteiger partial charge in [0.25, 0.3) is 0 Å². The summed E-state index contributed by atoms with van der Waals surface area (Å²) < 4.78 is 5.48. The lowest BCUT2D eigenvalue weighted by Gasteiger charge is -2.11. The van der Waals surface area contributed by atoms with Gasteiger partial charge in [0.2, 0.25) is 5.91 Å². The number of amides is 1. The normalized spacial score (nSPS) is 17.8. The van der Waals surface area contributed by atoms with Gasteiger partial charge in [0, 0.05) is 31.0 Å². The van der Waals surface area contributed by atoms with Crippen molar-refractivity contribution in [2.24, 2.45) is 0 Å². The van der Waals surface area contributed by atoms with Gasteiger partial charge in [0.15, 0.2) is 0 Å². The summed E-state index contributed by atoms with van der Waals surface area (Å²) in [6, 6.07) is 2.07. The highest BCUT2D eigenvalue weighted by Gasteiger charge is 2.16. The van der Waals surface area contributed by atoms with Gasteiger partial charge in [-0.25, -0.2) is 9.97 Å². The highest BCUT2D eigenvalue weighted by molar-refractivity contribution is 7.18. The van der Waals surface area contributed by atoms with E-state index in [1.165, 1.54) is 4.88 Å². The molecule has 1 aliphatic heterocycles. The van der Waals surface area contributed by atoms with Gasteiger partial charge in [0.1, 0.15) is 17.0 Å². The van der Waals surface area contributed by atoms with Gasteiger partial charge < -0.3 is 15.4 Å². The Bertz CT molecular complexity index is 652. The van der Waals surface area contributed by atoms with Crippen LogP contribution in [0.15, 0.2) is 12.4 Å². The van der Waals surface area contributed by atoms with E-state index in [1.54, 1.807) is 17.7 Å². The Morgan fingerprint density at radius 2 is 2.41 bits per heavy atom. The quantitative estimate of drug-likeness (QED) is 0.852. The lowest BCUT2D eigenvalue weighted by molar-refractivity contribution is -0.121. The monoisotopic (exact) mass is 320 g/mol. The van der Waals surface area contributed by atoms with Crippen molar-refractivity contribution >= 4 is 33.3 Å². The molecule has 0 aromatic carbocycles. The van der Waals surface area contributed by atoms with Crippen molar-refractivity contribution in [1.29, 1.82) is 0 Å². The fraction of sp³-hybridized carbons (Fsp3) is 0.533. The van der Waals surface area contributed by atoms with Crippen molar-refractivity contribution in [3.05, 3.63) is 17.3 Å². The highest BCUT2D eigenvalue weighted by atomic mass is 32.1. The number of carbonyl (C=O) groups is 1. The number of fused-ring (bicyclic) bond motifs is 1. The van der Waals surface area contributed by atoms with Crippen LogP contribution in [-0.2, 0) is 9.53 Å². The maximum atomic E-state index is 11.8. The summed E-state index contributed by atoms with van der Waals surface area (Å²) in [6.45, 7) is 4.03. The lowest BCUT2D eigenvalue weighted by Crippen LogP contribution is -2.32. The molecule has 1 saturated heterocycles. The van der Waals surface area contributed by atoms with Crippen LogP contribution in [0.1, 0.15) is 24.1 Å². The molecule has 0 spiro atoms. The number of aromatic nitrogens is 2. The van der Waals surface area contributed by atoms with Crippen LogP contribution in [0.2, 0.25) is 0 Å². The van der Waals surface area contributed by atoms with Crippen molar-refractivity contribution in [2.75, 3.05) is 25.0 Å². The number of ether oxygens (including phenoxy) is 1. The standard InChI is InChI=1S/C15H20N4O2S/c1-10-7-12-14(18-9-19-15(12)22-10)16-5-4-13(20)17-8-11-3-2-6-21-11/h7,9,11H,2-6,8H2,1H3,(H,17,20)(H,16,18,19). The number of aryl methyl sites for hydroxylation is 1. The minimum Gasteiger partial charge on any atom is -0.376 e. The summed E-state index contributed by atoms with van der Waals surface area (Å²) in [5, 5.41) is 7.16. The zero-order valence-electron chi connectivity index (χ0n) is 12.6. The molecule has 2 aromatic heterocycles. The van der Waals surface area contributed by atoms with Crippen LogP contribution in [0.4, 0.5) is 5.82 Å². The van der Waals surface area contributed by atoms with Crippen molar-refractivity contribution in [1.82, 2.24) is 15.3 Å². The third kappa shape index (κ3) is 3.72. The van der Waals surface area contributed by atoms with Crippen LogP contribution in [0, 0.1) is 6.92 Å². The molecule has 7 heteroatoms. The molecule has 0 aliphatic carbocycles. The van der Waals surface area contributed by atoms with Crippen LogP contribution in [0.25, 0.3) is 10.2 Å². The SMILES string of the molecule is Cc1cc2c(NCCC(=O)NCC3CCCO3)ncnc2s1. The van der Waals surface area contributed by atoms with E-state index in [4.69, 9.17) is 4.74 Å². The first kappa shape index (κ1) is 15.2. The summed E-state index contributed by atoms with van der Waals surface area (Å²) in [6.07, 6.45) is 4.28. The molecule has 1 amide bonds. The van der Waals surface area contributed by atoms with E-state index in [-0.39, 0.29) is 12.0 Å². The summed E-state index contributed by atoms with van der Waals surface area (Å²) in [5.41, 5.74) is 0. The van der Waals surface area contributed by atoms with E-state index in [1.807, 2.05) is 0 Å². The Labute approximate surface area is 133 Å². The number of hydrogen-bond acceptors (Lipinski definition) is 6. The first-order valence-corrected chi connectivity index (χ1v) is 8.37. The summed E-state index contributed by atoms with van der Waals surface area (Å²) in [5.74, 6) is 0.830. The van der Waals surface area contributed by atoms with Crippen molar-refractivity contribution < 1.29 is 9.53 Å². The molecule has 2 N–H and O–H groups in total. The summed E-state index contributed by atoms with van der Waals surface area (Å²) >= 11 is 1.64. The second-order valence-electron chi connectivity index (χ2n) is 5.41. The average Bonchev–Trinajstić information content (AvgIpc) is 3.13. The predicted molar refractivity (Wildman–Crippen MR) is 87.2 cm³/mol. The molecule has 118 valence electrons. The fourth-order valence-corrected chi connectivity index (χ4v) is 3.38. The molecule has 1 aliphatic rings. The first-order valence-electron chi connectivity index (χ1n) is 7.55. The number of anilines is 1. The Morgan fingerprint density at radius 1 is 1.50 bits per heavy atom. The van der Waals surface area contributed by atoms with E-state index in [2.05, 4.69) is 33.6 Å². The third-order valence-electron chi connectivity index (χ3n) is 3.65. The Morgan fingerprint density at radius 3 is 3.23 bits per heavy atom. The Hall–Kier alpha value is -1.73. The van der Waals surface area contributed by atoms with Crippen molar-refractivity contribution in [3.63, 3.8) is 0 Å². The van der Waals surface area contributed by atoms with E-state index in [9.17, 15) is 4.79 Å². The molecule has 6 nitrogen and oxygen atoms in total. The molecule has 1 unspecified atom stereocenters. The number of nitrogens with one attached hydrogen (secondary N) is 2. The summed E-state index contributed by atoms with van der Waals surface area (Å²) in [7, 11) is 0. The maximum absolute atomic E-state index is 11.8. The second kappa shape index (κ2) is 7.02. The van der Waals surface area contributed by atoms with Gasteiger partial charge in [-0.3, -0.25) is 4.79 Å². The van der Waals surface area contributed by atoms with Gasteiger partial charge >= 0.3 is 0 Å². The number of nitrogens with zero attached hydrogens (tertiary/aromatic N) is 2. The van der Waals surface area contributed by atoms with Gasteiger partial charge in [-0.1, -0.05) is 0 Å². The molecular weight excluding hydrogens is 300 g/mol. The zero-order valence-corrected chi connectivity index (χ0v) is 13.4. The van der Waals surface area contributed by atoms with Gasteiger partial charge in [-0.2, -0.15) is 0 Å². The van der Waals surface area contributed by atoms with Gasteiger partial charge in [0.05, 0.1) is 11.5 Å². The molecule has 0 bridgehead atoms. The molecule has 0 radical (unpaired) electrons. The van der Waals surface area contributed by atoms with Crippen LogP contribution in [-0.4, -0.2) is 41.7 Å². The number of rotatable bonds is 6. The number of hydrogen-bond donors (Lipinski definition) is 2. The van der Waals surface area contributed by atoms with E-state index >= 15 is 0 Å². The van der Waals surface area contributed by atoms with Crippen LogP contribution in [0.3, 0.4) is 0 Å². The zero-order chi connectivity index (χ0) is 15.4. The van der Waals surface area contributed by atoms with E-state index < -0.39 is 0 Å². The van der Waals surface area contributed by atoms with Gasteiger partial charge in [-0.05, 0) is 25.8 Å².